The van der Waals surface area contributed by atoms with Crippen molar-refractivity contribution < 1.29 is 9.72 Å². The minimum Gasteiger partial charge on any atom is -0.382 e. The second-order valence-electron chi connectivity index (χ2n) is 4.25. The van der Waals surface area contributed by atoms with Crippen molar-refractivity contribution in [2.75, 3.05) is 17.7 Å². The Morgan fingerprint density at radius 2 is 2.24 bits per heavy atom. The van der Waals surface area contributed by atoms with E-state index in [0.717, 1.165) is 0 Å². The molecule has 2 rings (SSSR count). The van der Waals surface area contributed by atoms with Gasteiger partial charge in [-0.05, 0) is 13.0 Å². The first kappa shape index (κ1) is 14.5. The normalized spacial score (nSPS) is 10.2. The number of hydrogen-bond acceptors (Lipinski definition) is 5. The molecule has 0 saturated carbocycles. The van der Waals surface area contributed by atoms with Gasteiger partial charge in [0, 0.05) is 25.9 Å². The number of aryl methyl sites for hydroxylation is 1. The van der Waals surface area contributed by atoms with Crippen molar-refractivity contribution in [1.82, 2.24) is 9.78 Å². The molecular formula is C13H15N5O3. The van der Waals surface area contributed by atoms with Gasteiger partial charge in [-0.15, -0.1) is 0 Å². The van der Waals surface area contributed by atoms with Gasteiger partial charge in [0.15, 0.2) is 0 Å². The Morgan fingerprint density at radius 3 is 2.81 bits per heavy atom. The van der Waals surface area contributed by atoms with E-state index < -0.39 is 10.8 Å². The molecule has 0 atom stereocenters. The summed E-state index contributed by atoms with van der Waals surface area (Å²) in [6.45, 7) is 2.62. The zero-order chi connectivity index (χ0) is 15.4. The molecule has 8 heteroatoms. The van der Waals surface area contributed by atoms with Gasteiger partial charge in [-0.1, -0.05) is 6.07 Å². The minimum atomic E-state index is -0.530. The molecule has 0 radical (unpaired) electrons. The average Bonchev–Trinajstić information content (AvgIpc) is 2.93. The number of hydrogen-bond donors (Lipinski definition) is 2. The summed E-state index contributed by atoms with van der Waals surface area (Å²) in [6.07, 6.45) is 3.21. The lowest BCUT2D eigenvalue weighted by atomic mass is 10.1. The second-order valence-corrected chi connectivity index (χ2v) is 4.25. The van der Waals surface area contributed by atoms with Crippen molar-refractivity contribution in [1.29, 1.82) is 0 Å². The molecule has 0 aliphatic rings. The van der Waals surface area contributed by atoms with Gasteiger partial charge in [0.25, 0.3) is 11.6 Å². The molecule has 1 aromatic heterocycles. The van der Waals surface area contributed by atoms with Crippen molar-refractivity contribution in [2.45, 2.75) is 13.5 Å². The van der Waals surface area contributed by atoms with Crippen molar-refractivity contribution in [2.24, 2.45) is 0 Å². The lowest BCUT2D eigenvalue weighted by Gasteiger charge is -2.09. The maximum Gasteiger partial charge on any atom is 0.293 e. The summed E-state index contributed by atoms with van der Waals surface area (Å²) < 4.78 is 1.67. The molecule has 0 aliphatic heterocycles. The number of nitrogens with one attached hydrogen (secondary N) is 2. The van der Waals surface area contributed by atoms with Crippen LogP contribution in [0.3, 0.4) is 0 Å². The average molecular weight is 289 g/mol. The van der Waals surface area contributed by atoms with E-state index in [0.29, 0.717) is 12.2 Å². The lowest BCUT2D eigenvalue weighted by Crippen LogP contribution is -2.14. The van der Waals surface area contributed by atoms with E-state index in [4.69, 9.17) is 0 Å². The van der Waals surface area contributed by atoms with Crippen LogP contribution in [0.1, 0.15) is 17.3 Å². The predicted octanol–water partition coefficient (Wildman–Crippen LogP) is 2.11. The fraction of sp³-hybridized carbons (Fsp3) is 0.231. The molecule has 0 bridgehead atoms. The van der Waals surface area contributed by atoms with Crippen LogP contribution in [0.25, 0.3) is 0 Å². The van der Waals surface area contributed by atoms with Gasteiger partial charge in [0.2, 0.25) is 0 Å². The SMILES string of the molecule is CCn1cc(NC(=O)c2cccc([N+](=O)[O-])c2NC)cn1. The fourth-order valence-electron chi connectivity index (χ4n) is 1.94. The smallest absolute Gasteiger partial charge is 0.293 e. The molecule has 1 aromatic carbocycles. The summed E-state index contributed by atoms with van der Waals surface area (Å²) in [5.41, 5.74) is 0.781. The number of amides is 1. The third kappa shape index (κ3) is 2.99. The maximum absolute atomic E-state index is 12.3. The van der Waals surface area contributed by atoms with Crippen LogP contribution in [0.4, 0.5) is 17.1 Å². The van der Waals surface area contributed by atoms with Crippen LogP contribution in [0.15, 0.2) is 30.6 Å². The minimum absolute atomic E-state index is 0.144. The van der Waals surface area contributed by atoms with E-state index in [1.54, 1.807) is 10.9 Å². The number of carbonyl (C=O) groups excluding carboxylic acids is 1. The summed E-state index contributed by atoms with van der Waals surface area (Å²) in [7, 11) is 1.54. The van der Waals surface area contributed by atoms with Crippen LogP contribution in [0.5, 0.6) is 0 Å². The van der Waals surface area contributed by atoms with Crippen molar-refractivity contribution in [3.8, 4) is 0 Å². The summed E-state index contributed by atoms with van der Waals surface area (Å²) in [5, 5.41) is 20.4. The highest BCUT2D eigenvalue weighted by Crippen LogP contribution is 2.28. The van der Waals surface area contributed by atoms with Crippen molar-refractivity contribution >= 4 is 23.0 Å². The molecule has 8 nitrogen and oxygen atoms in total. The quantitative estimate of drug-likeness (QED) is 0.648. The van der Waals surface area contributed by atoms with E-state index in [9.17, 15) is 14.9 Å². The number of carbonyl (C=O) groups is 1. The number of nitro benzene ring substituents is 1. The molecule has 0 aliphatic carbocycles. The molecule has 0 fully saturated rings. The zero-order valence-corrected chi connectivity index (χ0v) is 11.7. The number of rotatable bonds is 5. The number of aromatic nitrogens is 2. The van der Waals surface area contributed by atoms with Gasteiger partial charge in [-0.25, -0.2) is 0 Å². The molecule has 0 spiro atoms. The highest BCUT2D eigenvalue weighted by Gasteiger charge is 2.20. The first-order chi connectivity index (χ1) is 10.1. The largest absolute Gasteiger partial charge is 0.382 e. The molecule has 2 N–H and O–H groups in total. The Labute approximate surface area is 120 Å². The van der Waals surface area contributed by atoms with E-state index in [-0.39, 0.29) is 16.9 Å². The van der Waals surface area contributed by atoms with Crippen LogP contribution in [-0.4, -0.2) is 27.7 Å². The van der Waals surface area contributed by atoms with E-state index in [2.05, 4.69) is 15.7 Å². The topological polar surface area (TPSA) is 102 Å². The Morgan fingerprint density at radius 1 is 1.48 bits per heavy atom. The Hall–Kier alpha value is -2.90. The van der Waals surface area contributed by atoms with E-state index in [1.165, 1.54) is 31.4 Å². The number of nitrogens with zero attached hydrogens (tertiary/aromatic N) is 3. The summed E-state index contributed by atoms with van der Waals surface area (Å²) in [5.74, 6) is -0.432. The lowest BCUT2D eigenvalue weighted by molar-refractivity contribution is -0.384. The van der Waals surface area contributed by atoms with Crippen LogP contribution in [0.2, 0.25) is 0 Å². The van der Waals surface area contributed by atoms with E-state index in [1.807, 2.05) is 6.92 Å². The van der Waals surface area contributed by atoms with Gasteiger partial charge < -0.3 is 10.6 Å². The molecule has 1 amide bonds. The third-order valence-corrected chi connectivity index (χ3v) is 2.95. The second kappa shape index (κ2) is 6.04. The maximum atomic E-state index is 12.3. The monoisotopic (exact) mass is 289 g/mol. The van der Waals surface area contributed by atoms with Gasteiger partial charge in [-0.2, -0.15) is 5.10 Å². The molecule has 0 saturated heterocycles. The number of benzene rings is 1. The highest BCUT2D eigenvalue weighted by atomic mass is 16.6. The summed E-state index contributed by atoms with van der Waals surface area (Å²) in [6, 6.07) is 4.35. The number of anilines is 2. The summed E-state index contributed by atoms with van der Waals surface area (Å²) >= 11 is 0. The third-order valence-electron chi connectivity index (χ3n) is 2.95. The molecular weight excluding hydrogens is 274 g/mol. The Balaban J connectivity index is 2.30. The highest BCUT2D eigenvalue weighted by molar-refractivity contribution is 6.09. The van der Waals surface area contributed by atoms with Crippen LogP contribution in [0, 0.1) is 10.1 Å². The first-order valence-corrected chi connectivity index (χ1v) is 6.35. The van der Waals surface area contributed by atoms with E-state index >= 15 is 0 Å². The number of nitro groups is 1. The number of para-hydroxylation sites is 1. The standard InChI is InChI=1S/C13H15N5O3/c1-3-17-8-9(7-15-17)16-13(19)10-5-4-6-11(18(20)21)12(10)14-2/h4-8,14H,3H2,1-2H3,(H,16,19). The van der Waals surface area contributed by atoms with Gasteiger partial charge in [0.1, 0.15) is 5.69 Å². The zero-order valence-electron chi connectivity index (χ0n) is 11.7. The molecule has 1 heterocycles. The van der Waals surface area contributed by atoms with Crippen molar-refractivity contribution in [3.63, 3.8) is 0 Å². The van der Waals surface area contributed by atoms with Crippen LogP contribution in [-0.2, 0) is 6.54 Å². The van der Waals surface area contributed by atoms with Crippen LogP contribution >= 0.6 is 0 Å². The predicted molar refractivity (Wildman–Crippen MR) is 78.5 cm³/mol. The first-order valence-electron chi connectivity index (χ1n) is 6.35. The molecule has 2 aromatic rings. The fourth-order valence-corrected chi connectivity index (χ4v) is 1.94. The summed E-state index contributed by atoms with van der Waals surface area (Å²) in [4.78, 5) is 22.7. The Kier molecular flexibility index (Phi) is 4.17. The van der Waals surface area contributed by atoms with Crippen LogP contribution < -0.4 is 10.6 Å². The van der Waals surface area contributed by atoms with Crippen molar-refractivity contribution in [3.05, 3.63) is 46.3 Å². The van der Waals surface area contributed by atoms with Gasteiger partial charge in [0.05, 0.1) is 22.4 Å². The van der Waals surface area contributed by atoms with Gasteiger partial charge in [-0.3, -0.25) is 19.6 Å². The molecule has 110 valence electrons. The molecule has 21 heavy (non-hydrogen) atoms. The molecule has 0 unspecified atom stereocenters. The Bertz CT molecular complexity index is 680. The van der Waals surface area contributed by atoms with Gasteiger partial charge >= 0.3 is 0 Å².